The number of hydrogen-bond donors (Lipinski definition) is 1. The normalized spacial score (nSPS) is 19.7. The molecule has 0 aliphatic carbocycles. The highest BCUT2D eigenvalue weighted by atomic mass is 16.6. The first-order valence-electron chi connectivity index (χ1n) is 11.3. The lowest BCUT2D eigenvalue weighted by atomic mass is 9.76. The van der Waals surface area contributed by atoms with Crippen LogP contribution in [0, 0.1) is 5.92 Å². The van der Waals surface area contributed by atoms with Crippen LogP contribution in [0.4, 0.5) is 5.69 Å². The Labute approximate surface area is 201 Å². The molecule has 1 atom stereocenters. The number of esters is 1. The standard InChI is InChI=1S/C27H22N2O6/c1-28(2)24(30)16-13-29(14-16)20-7-5-9-22-23(20)27(18-6-3-4-8-21(18)34-22)19-12-15(25(31)32)10-11-17(19)26(33)35-27/h3-12,16H,13-14H2,1-2H3,(H,31,32). The third kappa shape index (κ3) is 2.89. The van der Waals surface area contributed by atoms with Crippen LogP contribution in [0.1, 0.15) is 37.4 Å². The Morgan fingerprint density at radius 3 is 2.49 bits per heavy atom. The van der Waals surface area contributed by atoms with E-state index >= 15 is 0 Å². The number of carboxylic acids is 1. The summed E-state index contributed by atoms with van der Waals surface area (Å²) in [4.78, 5) is 41.1. The van der Waals surface area contributed by atoms with Crippen molar-refractivity contribution in [3.63, 3.8) is 0 Å². The van der Waals surface area contributed by atoms with Crippen LogP contribution in [-0.4, -0.2) is 55.0 Å². The molecule has 0 bridgehead atoms. The number of carbonyl (C=O) groups is 3. The highest BCUT2D eigenvalue weighted by Crippen LogP contribution is 2.59. The molecule has 6 rings (SSSR count). The Balaban J connectivity index is 1.58. The number of carbonyl (C=O) groups excluding carboxylic acids is 2. The summed E-state index contributed by atoms with van der Waals surface area (Å²) >= 11 is 0. The molecule has 1 spiro atoms. The minimum absolute atomic E-state index is 0.0602. The van der Waals surface area contributed by atoms with Gasteiger partial charge in [-0.15, -0.1) is 0 Å². The number of anilines is 1. The van der Waals surface area contributed by atoms with E-state index < -0.39 is 17.5 Å². The number of aromatic carboxylic acids is 1. The predicted octanol–water partition coefficient (Wildman–Crippen LogP) is 3.48. The highest BCUT2D eigenvalue weighted by Gasteiger charge is 2.55. The average molecular weight is 470 g/mol. The molecule has 1 saturated heterocycles. The maximum absolute atomic E-state index is 13.1. The number of amides is 1. The molecule has 1 N–H and O–H groups in total. The summed E-state index contributed by atoms with van der Waals surface area (Å²) in [5, 5.41) is 9.68. The summed E-state index contributed by atoms with van der Waals surface area (Å²) in [6.07, 6.45) is 0. The first-order chi connectivity index (χ1) is 16.8. The minimum atomic E-state index is -1.38. The Morgan fingerprint density at radius 2 is 1.74 bits per heavy atom. The van der Waals surface area contributed by atoms with Gasteiger partial charge in [0, 0.05) is 44.0 Å². The van der Waals surface area contributed by atoms with E-state index in [0.717, 1.165) is 5.69 Å². The van der Waals surface area contributed by atoms with Gasteiger partial charge in [-0.3, -0.25) is 4.79 Å². The number of hydrogen-bond acceptors (Lipinski definition) is 6. The molecule has 8 heteroatoms. The molecular formula is C27H22N2O6. The molecule has 0 saturated carbocycles. The van der Waals surface area contributed by atoms with Gasteiger partial charge in [-0.2, -0.15) is 0 Å². The number of carboxylic acid groups (broad SMARTS) is 1. The largest absolute Gasteiger partial charge is 0.478 e. The van der Waals surface area contributed by atoms with Crippen LogP contribution in [0.3, 0.4) is 0 Å². The molecule has 0 aromatic heterocycles. The fraction of sp³-hybridized carbons (Fsp3) is 0.222. The van der Waals surface area contributed by atoms with Crippen LogP contribution in [-0.2, 0) is 15.1 Å². The molecule has 3 heterocycles. The Kier molecular flexibility index (Phi) is 4.45. The maximum atomic E-state index is 13.1. The van der Waals surface area contributed by atoms with Crippen molar-refractivity contribution in [3.05, 3.63) is 88.5 Å². The lowest BCUT2D eigenvalue weighted by Crippen LogP contribution is -2.54. The molecule has 3 aliphatic rings. The fourth-order valence-electron chi connectivity index (χ4n) is 5.30. The van der Waals surface area contributed by atoms with Gasteiger partial charge >= 0.3 is 11.9 Å². The van der Waals surface area contributed by atoms with Crippen molar-refractivity contribution < 1.29 is 29.0 Å². The lowest BCUT2D eigenvalue weighted by molar-refractivity contribution is -0.133. The number of benzene rings is 3. The number of ether oxygens (including phenoxy) is 2. The van der Waals surface area contributed by atoms with E-state index in [0.29, 0.717) is 46.8 Å². The van der Waals surface area contributed by atoms with Crippen LogP contribution in [0.15, 0.2) is 60.7 Å². The highest BCUT2D eigenvalue weighted by molar-refractivity contribution is 5.99. The number of para-hydroxylation sites is 1. The quantitative estimate of drug-likeness (QED) is 0.586. The van der Waals surface area contributed by atoms with Gasteiger partial charge in [-0.05, 0) is 36.4 Å². The van der Waals surface area contributed by atoms with Gasteiger partial charge in [0.05, 0.1) is 22.6 Å². The second kappa shape index (κ2) is 7.33. The van der Waals surface area contributed by atoms with Crippen LogP contribution < -0.4 is 9.64 Å². The molecule has 176 valence electrons. The number of nitrogens with zero attached hydrogens (tertiary/aromatic N) is 2. The smallest absolute Gasteiger partial charge is 0.340 e. The van der Waals surface area contributed by atoms with Crippen LogP contribution in [0.5, 0.6) is 11.5 Å². The van der Waals surface area contributed by atoms with Crippen LogP contribution >= 0.6 is 0 Å². The molecule has 1 amide bonds. The first-order valence-corrected chi connectivity index (χ1v) is 11.3. The van der Waals surface area contributed by atoms with Crippen molar-refractivity contribution in [2.75, 3.05) is 32.1 Å². The second-order valence-corrected chi connectivity index (χ2v) is 9.22. The van der Waals surface area contributed by atoms with E-state index in [1.54, 1.807) is 25.1 Å². The monoisotopic (exact) mass is 470 g/mol. The molecule has 3 aliphatic heterocycles. The molecule has 1 fully saturated rings. The topological polar surface area (TPSA) is 96.4 Å². The molecule has 0 radical (unpaired) electrons. The number of fused-ring (bicyclic) bond motifs is 6. The SMILES string of the molecule is CN(C)C(=O)C1CN(c2cccc3c2C2(OC(=O)c4ccc(C(=O)O)cc42)c2ccccc2O3)C1. The summed E-state index contributed by atoms with van der Waals surface area (Å²) in [5.74, 6) is -0.646. The zero-order valence-corrected chi connectivity index (χ0v) is 19.1. The molecule has 1 unspecified atom stereocenters. The second-order valence-electron chi connectivity index (χ2n) is 9.22. The van der Waals surface area contributed by atoms with E-state index in [1.807, 2.05) is 36.4 Å². The van der Waals surface area contributed by atoms with Gasteiger partial charge in [-0.25, -0.2) is 9.59 Å². The van der Waals surface area contributed by atoms with Crippen molar-refractivity contribution in [3.8, 4) is 11.5 Å². The molecule has 35 heavy (non-hydrogen) atoms. The summed E-state index contributed by atoms with van der Waals surface area (Å²) in [7, 11) is 3.48. The van der Waals surface area contributed by atoms with Gasteiger partial charge in [0.15, 0.2) is 5.60 Å². The Morgan fingerprint density at radius 1 is 1.00 bits per heavy atom. The summed E-state index contributed by atoms with van der Waals surface area (Å²) < 4.78 is 12.5. The third-order valence-electron chi connectivity index (χ3n) is 6.97. The summed E-state index contributed by atoms with van der Waals surface area (Å²) in [5.41, 5.74) is 1.49. The zero-order valence-electron chi connectivity index (χ0n) is 19.1. The Bertz CT molecular complexity index is 1420. The van der Waals surface area contributed by atoms with Crippen molar-refractivity contribution in [1.29, 1.82) is 0 Å². The van der Waals surface area contributed by atoms with Gasteiger partial charge < -0.3 is 24.4 Å². The lowest BCUT2D eigenvalue weighted by Gasteiger charge is -2.45. The van der Waals surface area contributed by atoms with Crippen molar-refractivity contribution in [1.82, 2.24) is 4.90 Å². The third-order valence-corrected chi connectivity index (χ3v) is 6.97. The van der Waals surface area contributed by atoms with Crippen molar-refractivity contribution >= 4 is 23.5 Å². The van der Waals surface area contributed by atoms with E-state index in [4.69, 9.17) is 9.47 Å². The van der Waals surface area contributed by atoms with Crippen LogP contribution in [0.25, 0.3) is 0 Å². The zero-order chi connectivity index (χ0) is 24.5. The molecule has 8 nitrogen and oxygen atoms in total. The summed E-state index contributed by atoms with van der Waals surface area (Å²) in [6, 6.07) is 17.3. The Hall–Kier alpha value is -4.33. The summed E-state index contributed by atoms with van der Waals surface area (Å²) in [6.45, 7) is 1.03. The molecular weight excluding hydrogens is 448 g/mol. The van der Waals surface area contributed by atoms with E-state index in [2.05, 4.69) is 4.90 Å². The van der Waals surface area contributed by atoms with E-state index in [9.17, 15) is 19.5 Å². The van der Waals surface area contributed by atoms with Gasteiger partial charge in [0.25, 0.3) is 0 Å². The molecule has 3 aromatic rings. The van der Waals surface area contributed by atoms with E-state index in [1.165, 1.54) is 18.2 Å². The van der Waals surface area contributed by atoms with E-state index in [-0.39, 0.29) is 17.4 Å². The average Bonchev–Trinajstić information content (AvgIpc) is 3.10. The van der Waals surface area contributed by atoms with Gasteiger partial charge in [-0.1, -0.05) is 24.3 Å². The minimum Gasteiger partial charge on any atom is -0.478 e. The first kappa shape index (κ1) is 21.2. The van der Waals surface area contributed by atoms with Crippen molar-refractivity contribution in [2.24, 2.45) is 5.92 Å². The van der Waals surface area contributed by atoms with Crippen molar-refractivity contribution in [2.45, 2.75) is 5.60 Å². The fourth-order valence-corrected chi connectivity index (χ4v) is 5.30. The molecule has 3 aromatic carbocycles. The maximum Gasteiger partial charge on any atom is 0.340 e. The van der Waals surface area contributed by atoms with Crippen LogP contribution in [0.2, 0.25) is 0 Å². The predicted molar refractivity (Wildman–Crippen MR) is 126 cm³/mol. The number of rotatable bonds is 3. The van der Waals surface area contributed by atoms with Gasteiger partial charge in [0.1, 0.15) is 11.5 Å². The van der Waals surface area contributed by atoms with Gasteiger partial charge in [0.2, 0.25) is 5.91 Å².